The first kappa shape index (κ1) is 9.41. The summed E-state index contributed by atoms with van der Waals surface area (Å²) in [6.45, 7) is 2.62. The lowest BCUT2D eigenvalue weighted by Crippen LogP contribution is -2.29. The number of aromatic amines is 1. The molecule has 0 atom stereocenters. The summed E-state index contributed by atoms with van der Waals surface area (Å²) >= 11 is 0. The van der Waals surface area contributed by atoms with E-state index in [1.807, 2.05) is 6.92 Å². The highest BCUT2D eigenvalue weighted by atomic mass is 15.3. The Bertz CT molecular complexity index is 152. The van der Waals surface area contributed by atoms with Crippen LogP contribution in [-0.2, 0) is 0 Å². The predicted octanol–water partition coefficient (Wildman–Crippen LogP) is -0.706. The first-order valence-corrected chi connectivity index (χ1v) is 3.15. The molecule has 6 heteroatoms. The predicted molar refractivity (Wildman–Crippen MR) is 42.0 cm³/mol. The Labute approximate surface area is 64.7 Å². The third-order valence-corrected chi connectivity index (χ3v) is 0.698. The molecular formula is C5H12N6. The van der Waals surface area contributed by atoms with Crippen LogP contribution < -0.4 is 11.1 Å². The molecule has 0 saturated heterocycles. The normalized spacial score (nSPS) is 7.73. The molecule has 0 unspecified atom stereocenters. The van der Waals surface area contributed by atoms with E-state index in [1.54, 1.807) is 12.4 Å². The fourth-order valence-corrected chi connectivity index (χ4v) is 0.357. The Morgan fingerprint density at radius 3 is 2.64 bits per heavy atom. The number of H-pyrrole nitrogens is 1. The molecule has 0 bridgehead atoms. The van der Waals surface area contributed by atoms with Gasteiger partial charge in [0.25, 0.3) is 0 Å². The summed E-state index contributed by atoms with van der Waals surface area (Å²) in [4.78, 5) is 0. The fraction of sp³-hybridized carbons (Fsp3) is 0.400. The van der Waals surface area contributed by atoms with E-state index in [4.69, 9.17) is 11.1 Å². The third kappa shape index (κ3) is 8.41. The van der Waals surface area contributed by atoms with Crippen molar-refractivity contribution in [3.05, 3.63) is 12.4 Å². The number of nitrogens with two attached hydrogens (primary N) is 1. The average molecular weight is 156 g/mol. The van der Waals surface area contributed by atoms with Gasteiger partial charge in [-0.2, -0.15) is 0 Å². The van der Waals surface area contributed by atoms with Crippen LogP contribution in [0.2, 0.25) is 0 Å². The minimum atomic E-state index is 0.0394. The van der Waals surface area contributed by atoms with E-state index in [9.17, 15) is 0 Å². The van der Waals surface area contributed by atoms with Crippen LogP contribution in [-0.4, -0.2) is 27.9 Å². The van der Waals surface area contributed by atoms with Crippen LogP contribution >= 0.6 is 0 Å². The molecule has 0 aliphatic carbocycles. The zero-order valence-electron chi connectivity index (χ0n) is 6.33. The summed E-state index contributed by atoms with van der Waals surface area (Å²) in [5, 5.41) is 18.4. The van der Waals surface area contributed by atoms with Crippen LogP contribution in [0.25, 0.3) is 0 Å². The van der Waals surface area contributed by atoms with E-state index in [2.05, 4.69) is 20.7 Å². The van der Waals surface area contributed by atoms with Crippen molar-refractivity contribution in [1.29, 1.82) is 5.41 Å². The second kappa shape index (κ2) is 6.53. The zero-order valence-corrected chi connectivity index (χ0v) is 6.33. The van der Waals surface area contributed by atoms with Crippen molar-refractivity contribution in [2.75, 3.05) is 6.54 Å². The number of hydrogen-bond acceptors (Lipinski definition) is 3. The number of rotatable bonds is 1. The molecule has 11 heavy (non-hydrogen) atoms. The summed E-state index contributed by atoms with van der Waals surface area (Å²) in [5.41, 5.74) is 4.88. The second-order valence-corrected chi connectivity index (χ2v) is 1.60. The van der Waals surface area contributed by atoms with Crippen molar-refractivity contribution in [3.8, 4) is 0 Å². The van der Waals surface area contributed by atoms with Crippen molar-refractivity contribution in [1.82, 2.24) is 20.7 Å². The molecule has 62 valence electrons. The molecule has 6 nitrogen and oxygen atoms in total. The van der Waals surface area contributed by atoms with Crippen LogP contribution in [0.3, 0.4) is 0 Å². The topological polar surface area (TPSA) is 103 Å². The monoisotopic (exact) mass is 156 g/mol. The first-order valence-electron chi connectivity index (χ1n) is 3.15. The average Bonchev–Trinajstić information content (AvgIpc) is 2.41. The lowest BCUT2D eigenvalue weighted by molar-refractivity contribution is 0.940. The molecule has 1 aromatic heterocycles. The lowest BCUT2D eigenvalue weighted by Gasteiger charge is -1.92. The van der Waals surface area contributed by atoms with Gasteiger partial charge in [0.2, 0.25) is 0 Å². The van der Waals surface area contributed by atoms with Crippen LogP contribution in [0.1, 0.15) is 6.92 Å². The molecule has 0 aliphatic rings. The van der Waals surface area contributed by atoms with Gasteiger partial charge in [0.1, 0.15) is 0 Å². The second-order valence-electron chi connectivity index (χ2n) is 1.60. The smallest absolute Gasteiger partial charge is 0.185 e. The lowest BCUT2D eigenvalue weighted by atomic mass is 10.7. The summed E-state index contributed by atoms with van der Waals surface area (Å²) < 4.78 is 0. The zero-order chi connectivity index (χ0) is 8.53. The minimum absolute atomic E-state index is 0.0394. The third-order valence-electron chi connectivity index (χ3n) is 0.698. The van der Waals surface area contributed by atoms with Gasteiger partial charge in [0, 0.05) is 12.7 Å². The van der Waals surface area contributed by atoms with E-state index in [1.165, 1.54) is 0 Å². The number of nitrogens with one attached hydrogen (secondary N) is 3. The SMILES string of the molecule is CCNC(=N)N.c1c[nH]nn1. The van der Waals surface area contributed by atoms with Gasteiger partial charge in [0.05, 0.1) is 6.20 Å². The fourth-order valence-electron chi connectivity index (χ4n) is 0.357. The Morgan fingerprint density at radius 1 is 1.82 bits per heavy atom. The van der Waals surface area contributed by atoms with Crippen molar-refractivity contribution >= 4 is 5.96 Å². The van der Waals surface area contributed by atoms with Crippen molar-refractivity contribution < 1.29 is 0 Å². The van der Waals surface area contributed by atoms with E-state index in [0.29, 0.717) is 0 Å². The first-order chi connectivity index (χ1) is 5.27. The minimum Gasteiger partial charge on any atom is -0.370 e. The molecule has 0 aliphatic heterocycles. The van der Waals surface area contributed by atoms with Gasteiger partial charge in [0.15, 0.2) is 5.96 Å². The maximum Gasteiger partial charge on any atom is 0.185 e. The highest BCUT2D eigenvalue weighted by molar-refractivity contribution is 5.74. The standard InChI is InChI=1S/C3H9N3.C2H3N3/c1-2-6-3(4)5;1-2-4-5-3-1/h2H2,1H3,(H4,4,5,6);1-2H,(H,3,4,5). The Morgan fingerprint density at radius 2 is 2.55 bits per heavy atom. The summed E-state index contributed by atoms with van der Waals surface area (Å²) in [6, 6.07) is 0. The molecule has 0 amide bonds. The number of nitrogens with zero attached hydrogens (tertiary/aromatic N) is 2. The van der Waals surface area contributed by atoms with Crippen LogP contribution in [0.15, 0.2) is 12.4 Å². The van der Waals surface area contributed by atoms with E-state index in [0.717, 1.165) is 6.54 Å². The highest BCUT2D eigenvalue weighted by Gasteiger charge is 1.73. The molecule has 5 N–H and O–H groups in total. The molecule has 0 fully saturated rings. The number of hydrogen-bond donors (Lipinski definition) is 4. The van der Waals surface area contributed by atoms with Crippen LogP contribution in [0.5, 0.6) is 0 Å². The van der Waals surface area contributed by atoms with Crippen molar-refractivity contribution in [3.63, 3.8) is 0 Å². The Hall–Kier alpha value is -1.59. The van der Waals surface area contributed by atoms with Gasteiger partial charge >= 0.3 is 0 Å². The van der Waals surface area contributed by atoms with E-state index in [-0.39, 0.29) is 5.96 Å². The number of aromatic nitrogens is 3. The maximum absolute atomic E-state index is 6.56. The van der Waals surface area contributed by atoms with Crippen LogP contribution in [0.4, 0.5) is 0 Å². The Kier molecular flexibility index (Phi) is 5.59. The van der Waals surface area contributed by atoms with Gasteiger partial charge in [-0.3, -0.25) is 10.5 Å². The quantitative estimate of drug-likeness (QED) is 0.318. The maximum atomic E-state index is 6.56. The highest BCUT2D eigenvalue weighted by Crippen LogP contribution is 1.55. The number of guanidine groups is 1. The molecule has 0 saturated carbocycles. The van der Waals surface area contributed by atoms with Gasteiger partial charge in [-0.25, -0.2) is 0 Å². The molecule has 0 spiro atoms. The molecule has 0 radical (unpaired) electrons. The largest absolute Gasteiger partial charge is 0.370 e. The van der Waals surface area contributed by atoms with Crippen LogP contribution in [0, 0.1) is 5.41 Å². The summed E-state index contributed by atoms with van der Waals surface area (Å²) in [5.74, 6) is 0.0394. The van der Waals surface area contributed by atoms with Crippen molar-refractivity contribution in [2.24, 2.45) is 5.73 Å². The van der Waals surface area contributed by atoms with E-state index < -0.39 is 0 Å². The summed E-state index contributed by atoms with van der Waals surface area (Å²) in [7, 11) is 0. The van der Waals surface area contributed by atoms with Gasteiger partial charge < -0.3 is 11.1 Å². The van der Waals surface area contributed by atoms with E-state index >= 15 is 0 Å². The summed E-state index contributed by atoms with van der Waals surface area (Å²) in [6.07, 6.45) is 3.24. The molecule has 1 aromatic rings. The molecular weight excluding hydrogens is 144 g/mol. The van der Waals surface area contributed by atoms with Gasteiger partial charge in [-0.1, -0.05) is 5.21 Å². The van der Waals surface area contributed by atoms with Gasteiger partial charge in [-0.15, -0.1) is 5.10 Å². The Balaban J connectivity index is 0.000000183. The molecule has 1 heterocycles. The van der Waals surface area contributed by atoms with Crippen molar-refractivity contribution in [2.45, 2.75) is 6.92 Å². The molecule has 1 rings (SSSR count). The molecule has 0 aromatic carbocycles. The van der Waals surface area contributed by atoms with Gasteiger partial charge in [-0.05, 0) is 6.92 Å².